The number of nitrogens with zero attached hydrogens (tertiary/aromatic N) is 2. The summed E-state index contributed by atoms with van der Waals surface area (Å²) in [6, 6.07) is 42.7. The summed E-state index contributed by atoms with van der Waals surface area (Å²) in [5.74, 6) is 0. The molecule has 0 saturated heterocycles. The average molecular weight is 571 g/mol. The first-order chi connectivity index (χ1) is 20.8. The van der Waals surface area contributed by atoms with E-state index < -0.39 is 8.07 Å². The highest BCUT2D eigenvalue weighted by molar-refractivity contribution is 6.88. The van der Waals surface area contributed by atoms with Crippen LogP contribution in [0.25, 0.3) is 76.6 Å². The Hall–Kier alpha value is -4.73. The number of benzene rings is 6. The van der Waals surface area contributed by atoms with Crippen molar-refractivity contribution in [2.24, 2.45) is 7.05 Å². The number of fused-ring (bicyclic) bond motifs is 6. The highest BCUT2D eigenvalue weighted by Gasteiger charge is 2.21. The van der Waals surface area contributed by atoms with E-state index in [1.165, 1.54) is 70.6 Å². The molecule has 0 unspecified atom stereocenters. The number of aromatic nitrogens is 2. The summed E-state index contributed by atoms with van der Waals surface area (Å²) in [5.41, 5.74) is 9.56. The molecule has 0 aliphatic heterocycles. The fraction of sp³-hybridized carbons (Fsp3) is 0.125. The Labute approximate surface area is 253 Å². The molecule has 8 aromatic rings. The molecular weight excluding hydrogens is 537 g/mol. The van der Waals surface area contributed by atoms with Crippen LogP contribution in [0.1, 0.15) is 5.56 Å². The summed E-state index contributed by atoms with van der Waals surface area (Å²) < 4.78 is 2.32. The minimum absolute atomic E-state index is 1.01. The zero-order chi connectivity index (χ0) is 29.5. The molecule has 0 saturated carbocycles. The van der Waals surface area contributed by atoms with Gasteiger partial charge in [0.25, 0.3) is 0 Å². The first-order valence-corrected chi connectivity index (χ1v) is 18.6. The van der Waals surface area contributed by atoms with Gasteiger partial charge in [0.05, 0.1) is 24.8 Å². The molecule has 0 spiro atoms. The first kappa shape index (κ1) is 25.9. The number of aryl methyl sites for hydroxylation is 2. The van der Waals surface area contributed by atoms with Gasteiger partial charge < -0.3 is 4.57 Å². The van der Waals surface area contributed by atoms with Crippen molar-refractivity contribution in [1.29, 1.82) is 0 Å². The Morgan fingerprint density at radius 1 is 0.605 bits per heavy atom. The monoisotopic (exact) mass is 570 g/mol. The van der Waals surface area contributed by atoms with Crippen molar-refractivity contribution < 1.29 is 0 Å². The van der Waals surface area contributed by atoms with Crippen LogP contribution in [0.15, 0.2) is 115 Å². The van der Waals surface area contributed by atoms with Crippen LogP contribution in [0.5, 0.6) is 0 Å². The molecule has 6 aromatic carbocycles. The zero-order valence-electron chi connectivity index (χ0n) is 25.4. The van der Waals surface area contributed by atoms with Gasteiger partial charge in [-0.25, -0.2) is 4.98 Å². The second-order valence-electron chi connectivity index (χ2n) is 13.0. The van der Waals surface area contributed by atoms with Gasteiger partial charge in [-0.15, -0.1) is 0 Å². The molecule has 0 amide bonds. The summed E-state index contributed by atoms with van der Waals surface area (Å²) in [4.78, 5) is 5.36. The fourth-order valence-corrected chi connectivity index (χ4v) is 8.20. The Balaban J connectivity index is 1.50. The molecule has 208 valence electrons. The summed E-state index contributed by atoms with van der Waals surface area (Å²) in [6.45, 7) is 9.49. The predicted molar refractivity (Wildman–Crippen MR) is 189 cm³/mol. The second kappa shape index (κ2) is 9.39. The van der Waals surface area contributed by atoms with Crippen molar-refractivity contribution in [1.82, 2.24) is 9.55 Å². The van der Waals surface area contributed by atoms with Gasteiger partial charge in [-0.05, 0) is 81.6 Å². The molecule has 8 rings (SSSR count). The molecule has 2 aromatic heterocycles. The number of para-hydroxylation sites is 1. The van der Waals surface area contributed by atoms with Crippen LogP contribution in [0.2, 0.25) is 19.6 Å². The molecule has 3 heteroatoms. The van der Waals surface area contributed by atoms with E-state index in [-0.39, 0.29) is 0 Å². The molecule has 0 aliphatic carbocycles. The Kier molecular flexibility index (Phi) is 5.66. The van der Waals surface area contributed by atoms with Gasteiger partial charge in [0.2, 0.25) is 0 Å². The van der Waals surface area contributed by atoms with Gasteiger partial charge in [0, 0.05) is 34.3 Å². The number of pyridine rings is 1. The lowest BCUT2D eigenvalue weighted by Gasteiger charge is -2.20. The Morgan fingerprint density at radius 3 is 1.95 bits per heavy atom. The summed E-state index contributed by atoms with van der Waals surface area (Å²) >= 11 is 0. The smallest absolute Gasteiger partial charge is 0.0776 e. The molecule has 0 N–H and O–H groups in total. The van der Waals surface area contributed by atoms with Crippen LogP contribution in [0.3, 0.4) is 0 Å². The Morgan fingerprint density at radius 2 is 1.26 bits per heavy atom. The fourth-order valence-electron chi connectivity index (χ4n) is 7.04. The second-order valence-corrected chi connectivity index (χ2v) is 18.1. The first-order valence-electron chi connectivity index (χ1n) is 15.1. The lowest BCUT2D eigenvalue weighted by Crippen LogP contribution is -2.37. The average Bonchev–Trinajstić information content (AvgIpc) is 3.30. The van der Waals surface area contributed by atoms with E-state index in [2.05, 4.69) is 153 Å². The summed E-state index contributed by atoms with van der Waals surface area (Å²) in [6.07, 6.45) is 0. The third kappa shape index (κ3) is 4.03. The van der Waals surface area contributed by atoms with Crippen molar-refractivity contribution in [3.63, 3.8) is 0 Å². The minimum Gasteiger partial charge on any atom is -0.343 e. The van der Waals surface area contributed by atoms with Gasteiger partial charge in [-0.1, -0.05) is 104 Å². The summed E-state index contributed by atoms with van der Waals surface area (Å²) in [5, 5.41) is 10.3. The molecule has 0 bridgehead atoms. The SMILES string of the molecule is Cc1cc(-c2cc(-c3c4ccccc4cc4ccccc34)c3cc([Si](C)(C)C)ccc3n2)cc2c3ccccc3n(C)c12. The molecular formula is C40H34N2Si. The molecule has 0 radical (unpaired) electrons. The standard InChI is InChI=1S/C40H34N2Si/c1-25-20-28(22-35-32-16-10-11-17-38(32)42(2)40(25)35)37-24-34(33-23-29(43(3,4)5)18-19-36(33)41-37)39-30-14-8-6-12-26(30)21-27-13-7-9-15-31(27)39/h6-24H,1-5H3. The van der Waals surface area contributed by atoms with Crippen molar-refractivity contribution >= 4 is 67.5 Å². The normalized spacial score (nSPS) is 12.3. The minimum atomic E-state index is -1.55. The van der Waals surface area contributed by atoms with Crippen LogP contribution in [0, 0.1) is 6.92 Å². The third-order valence-corrected chi connectivity index (χ3v) is 11.2. The van der Waals surface area contributed by atoms with E-state index in [1.54, 1.807) is 0 Å². The van der Waals surface area contributed by atoms with E-state index in [0.29, 0.717) is 0 Å². The van der Waals surface area contributed by atoms with Gasteiger partial charge in [-0.2, -0.15) is 0 Å². The topological polar surface area (TPSA) is 17.8 Å². The number of hydrogen-bond donors (Lipinski definition) is 0. The van der Waals surface area contributed by atoms with Crippen LogP contribution < -0.4 is 5.19 Å². The summed E-state index contributed by atoms with van der Waals surface area (Å²) in [7, 11) is 0.621. The van der Waals surface area contributed by atoms with E-state index in [4.69, 9.17) is 4.98 Å². The van der Waals surface area contributed by atoms with E-state index in [9.17, 15) is 0 Å². The molecule has 2 heterocycles. The van der Waals surface area contributed by atoms with Gasteiger partial charge in [0.1, 0.15) is 0 Å². The van der Waals surface area contributed by atoms with Gasteiger partial charge in [-0.3, -0.25) is 0 Å². The molecule has 43 heavy (non-hydrogen) atoms. The van der Waals surface area contributed by atoms with Crippen LogP contribution >= 0.6 is 0 Å². The van der Waals surface area contributed by atoms with Crippen molar-refractivity contribution in [3.05, 3.63) is 121 Å². The van der Waals surface area contributed by atoms with Crippen molar-refractivity contribution in [2.75, 3.05) is 0 Å². The quantitative estimate of drug-likeness (QED) is 0.153. The van der Waals surface area contributed by atoms with E-state index in [0.717, 1.165) is 16.8 Å². The zero-order valence-corrected chi connectivity index (χ0v) is 26.4. The molecule has 0 atom stereocenters. The molecule has 2 nitrogen and oxygen atoms in total. The maximum Gasteiger partial charge on any atom is 0.0776 e. The van der Waals surface area contributed by atoms with E-state index in [1.807, 2.05) is 0 Å². The molecule has 0 fully saturated rings. The van der Waals surface area contributed by atoms with Crippen molar-refractivity contribution in [2.45, 2.75) is 26.6 Å². The molecule has 0 aliphatic rings. The maximum atomic E-state index is 5.36. The predicted octanol–water partition coefficient (Wildman–Crippen LogP) is 10.4. The highest BCUT2D eigenvalue weighted by Crippen LogP contribution is 2.42. The highest BCUT2D eigenvalue weighted by atomic mass is 28.3. The van der Waals surface area contributed by atoms with E-state index >= 15 is 0 Å². The lowest BCUT2D eigenvalue weighted by atomic mass is 9.89. The van der Waals surface area contributed by atoms with Crippen LogP contribution in [-0.4, -0.2) is 17.6 Å². The maximum absolute atomic E-state index is 5.36. The Bertz CT molecular complexity index is 2350. The van der Waals surface area contributed by atoms with Crippen LogP contribution in [-0.2, 0) is 7.05 Å². The van der Waals surface area contributed by atoms with Crippen molar-refractivity contribution in [3.8, 4) is 22.4 Å². The largest absolute Gasteiger partial charge is 0.343 e. The van der Waals surface area contributed by atoms with Gasteiger partial charge >= 0.3 is 0 Å². The third-order valence-electron chi connectivity index (χ3n) is 9.20. The number of rotatable bonds is 3. The number of hydrogen-bond acceptors (Lipinski definition) is 1. The van der Waals surface area contributed by atoms with Crippen LogP contribution in [0.4, 0.5) is 0 Å². The lowest BCUT2D eigenvalue weighted by molar-refractivity contribution is 1.01. The van der Waals surface area contributed by atoms with Gasteiger partial charge in [0.15, 0.2) is 0 Å².